The number of ether oxygens (including phenoxy) is 1. The van der Waals surface area contributed by atoms with Crippen LogP contribution >= 0.6 is 0 Å². The maximum absolute atomic E-state index is 13.3. The van der Waals surface area contributed by atoms with Gasteiger partial charge in [-0.2, -0.15) is 4.98 Å². The van der Waals surface area contributed by atoms with Gasteiger partial charge in [0.1, 0.15) is 23.3 Å². The van der Waals surface area contributed by atoms with Gasteiger partial charge in [-0.1, -0.05) is 13.0 Å². The molecule has 202 valence electrons. The van der Waals surface area contributed by atoms with Crippen LogP contribution in [0.4, 0.5) is 17.3 Å². The van der Waals surface area contributed by atoms with Gasteiger partial charge in [0.15, 0.2) is 5.65 Å². The van der Waals surface area contributed by atoms with Crippen LogP contribution in [0.1, 0.15) is 18.9 Å². The van der Waals surface area contributed by atoms with Crippen molar-refractivity contribution in [3.63, 3.8) is 0 Å². The molecule has 2 aromatic heterocycles. The molecule has 1 unspecified atom stereocenters. The summed E-state index contributed by atoms with van der Waals surface area (Å²) in [7, 11) is 2.15. The lowest BCUT2D eigenvalue weighted by atomic mass is 9.93. The Morgan fingerprint density at radius 1 is 1.13 bits per heavy atom. The number of anilines is 3. The Labute approximate surface area is 226 Å². The maximum Gasteiger partial charge on any atom is 0.278 e. The minimum atomic E-state index is -1.07. The number of nitrogens with zero attached hydrogens (tertiary/aromatic N) is 6. The van der Waals surface area contributed by atoms with Crippen molar-refractivity contribution < 1.29 is 9.84 Å². The molecule has 0 saturated carbocycles. The molecule has 2 N–H and O–H groups in total. The molecule has 4 heterocycles. The fourth-order valence-electron chi connectivity index (χ4n) is 5.29. The molecule has 1 atom stereocenters. The van der Waals surface area contributed by atoms with Gasteiger partial charge >= 0.3 is 0 Å². The van der Waals surface area contributed by atoms with E-state index in [1.165, 1.54) is 5.69 Å². The van der Waals surface area contributed by atoms with Crippen molar-refractivity contribution in [1.82, 2.24) is 24.2 Å². The summed E-state index contributed by atoms with van der Waals surface area (Å²) in [6.07, 6.45) is 3.74. The monoisotopic (exact) mass is 527 g/mol. The van der Waals surface area contributed by atoms with E-state index in [-0.39, 0.29) is 18.7 Å². The van der Waals surface area contributed by atoms with Crippen molar-refractivity contribution in [3.8, 4) is 11.4 Å². The third-order valence-electron chi connectivity index (χ3n) is 7.73. The second-order valence-electron chi connectivity index (χ2n) is 10.2. The second kappa shape index (κ2) is 9.87. The number of hydrogen-bond acceptors (Lipinski definition) is 8. The van der Waals surface area contributed by atoms with E-state index in [0.717, 1.165) is 31.9 Å². The van der Waals surface area contributed by atoms with E-state index in [2.05, 4.69) is 45.9 Å². The second-order valence-corrected chi connectivity index (χ2v) is 10.2. The normalized spacial score (nSPS) is 19.2. The molecule has 0 radical (unpaired) electrons. The molecule has 4 aromatic rings. The Balaban J connectivity index is 1.36. The summed E-state index contributed by atoms with van der Waals surface area (Å²) in [5.41, 5.74) is 2.62. The molecule has 0 bridgehead atoms. The Morgan fingerprint density at radius 2 is 1.87 bits per heavy atom. The van der Waals surface area contributed by atoms with E-state index >= 15 is 0 Å². The number of rotatable bonds is 7. The number of aromatic nitrogens is 4. The first-order valence-corrected chi connectivity index (χ1v) is 13.3. The zero-order valence-electron chi connectivity index (χ0n) is 22.3. The van der Waals surface area contributed by atoms with Crippen molar-refractivity contribution in [2.75, 3.05) is 50.1 Å². The smallest absolute Gasteiger partial charge is 0.278 e. The SMILES string of the molecule is C=CCn1c(=O)c2cnc(Nc3ccc(N4CCN(C)CC4)cc3)nc2n1-c1ccc2c(c1)C(O)(CC)CO2. The Hall–Kier alpha value is -4.15. The van der Waals surface area contributed by atoms with E-state index in [4.69, 9.17) is 9.72 Å². The van der Waals surface area contributed by atoms with Gasteiger partial charge in [-0.25, -0.2) is 14.3 Å². The molecule has 2 aromatic carbocycles. The predicted octanol–water partition coefficient (Wildman–Crippen LogP) is 3.25. The van der Waals surface area contributed by atoms with Gasteiger partial charge in [0.2, 0.25) is 5.95 Å². The molecule has 0 amide bonds. The standard InChI is InChI=1S/C29H33N7O3/c1-4-12-35-27(37)23-18-30-28(31-20-6-8-21(9-7-20)34-15-13-33(3)14-16-34)32-26(23)36(35)22-10-11-25-24(17-22)29(38,5-2)19-39-25/h4,6-11,17-18,38H,1,5,12-16,19H2,2-3H3,(H,30,31,32). The molecule has 2 aliphatic rings. The lowest BCUT2D eigenvalue weighted by Crippen LogP contribution is -2.44. The van der Waals surface area contributed by atoms with E-state index in [1.807, 2.05) is 37.3 Å². The number of hydrogen-bond donors (Lipinski definition) is 2. The lowest BCUT2D eigenvalue weighted by molar-refractivity contribution is 0.0129. The van der Waals surface area contributed by atoms with Crippen LogP contribution in [0.25, 0.3) is 16.7 Å². The number of fused-ring (bicyclic) bond motifs is 2. The molecule has 10 nitrogen and oxygen atoms in total. The number of aliphatic hydroxyl groups is 1. The van der Waals surface area contributed by atoms with Crippen molar-refractivity contribution in [3.05, 3.63) is 77.2 Å². The van der Waals surface area contributed by atoms with Gasteiger partial charge < -0.3 is 25.0 Å². The molecule has 2 aliphatic heterocycles. The van der Waals surface area contributed by atoms with Crippen LogP contribution in [0.5, 0.6) is 5.75 Å². The summed E-state index contributed by atoms with van der Waals surface area (Å²) < 4.78 is 9.05. The van der Waals surface area contributed by atoms with Crippen molar-refractivity contribution in [2.24, 2.45) is 0 Å². The number of piperazine rings is 1. The number of likely N-dealkylation sites (N-methyl/N-ethyl adjacent to an activating group) is 1. The largest absolute Gasteiger partial charge is 0.490 e. The first-order chi connectivity index (χ1) is 18.9. The summed E-state index contributed by atoms with van der Waals surface area (Å²) in [5.74, 6) is 1.03. The van der Waals surface area contributed by atoms with E-state index in [9.17, 15) is 9.90 Å². The third-order valence-corrected chi connectivity index (χ3v) is 7.73. The van der Waals surface area contributed by atoms with Crippen LogP contribution in [-0.4, -0.2) is 69.2 Å². The number of allylic oxidation sites excluding steroid dienone is 1. The Kier molecular flexibility index (Phi) is 6.36. The topological polar surface area (TPSA) is 101 Å². The van der Waals surface area contributed by atoms with Crippen molar-refractivity contribution in [2.45, 2.75) is 25.5 Å². The maximum atomic E-state index is 13.3. The fourth-order valence-corrected chi connectivity index (χ4v) is 5.29. The zero-order chi connectivity index (χ0) is 27.1. The van der Waals surface area contributed by atoms with Crippen molar-refractivity contribution in [1.29, 1.82) is 0 Å². The van der Waals surface area contributed by atoms with Gasteiger partial charge in [0, 0.05) is 49.3 Å². The molecule has 0 spiro atoms. The highest BCUT2D eigenvalue weighted by atomic mass is 16.5. The molecular formula is C29H33N7O3. The first-order valence-electron chi connectivity index (χ1n) is 13.3. The highest BCUT2D eigenvalue weighted by Crippen LogP contribution is 2.40. The highest BCUT2D eigenvalue weighted by molar-refractivity contribution is 5.77. The summed E-state index contributed by atoms with van der Waals surface area (Å²) >= 11 is 0. The van der Waals surface area contributed by atoms with Gasteiger partial charge in [-0.3, -0.25) is 4.79 Å². The van der Waals surface area contributed by atoms with E-state index in [1.54, 1.807) is 21.6 Å². The summed E-state index contributed by atoms with van der Waals surface area (Å²) in [6.45, 7) is 10.4. The molecule has 1 saturated heterocycles. The van der Waals surface area contributed by atoms with Crippen LogP contribution < -0.4 is 20.5 Å². The van der Waals surface area contributed by atoms with Gasteiger partial charge in [-0.15, -0.1) is 6.58 Å². The van der Waals surface area contributed by atoms with E-state index in [0.29, 0.717) is 40.4 Å². The Morgan fingerprint density at radius 3 is 2.59 bits per heavy atom. The van der Waals surface area contributed by atoms with Crippen LogP contribution in [0.2, 0.25) is 0 Å². The molecular weight excluding hydrogens is 494 g/mol. The van der Waals surface area contributed by atoms with Gasteiger partial charge in [-0.05, 0) is 55.9 Å². The summed E-state index contributed by atoms with van der Waals surface area (Å²) in [5, 5.41) is 14.8. The van der Waals surface area contributed by atoms with Crippen LogP contribution in [0, 0.1) is 0 Å². The molecule has 39 heavy (non-hydrogen) atoms. The predicted molar refractivity (Wildman–Crippen MR) is 152 cm³/mol. The Bertz CT molecular complexity index is 1590. The van der Waals surface area contributed by atoms with Crippen molar-refractivity contribution >= 4 is 28.4 Å². The average molecular weight is 528 g/mol. The van der Waals surface area contributed by atoms with E-state index < -0.39 is 5.60 Å². The minimum absolute atomic E-state index is 0.206. The third kappa shape index (κ3) is 4.45. The molecule has 10 heteroatoms. The van der Waals surface area contributed by atoms with Gasteiger partial charge in [0.05, 0.1) is 12.2 Å². The zero-order valence-corrected chi connectivity index (χ0v) is 22.3. The fraction of sp³-hybridized carbons (Fsp3) is 0.345. The molecule has 1 fully saturated rings. The van der Waals surface area contributed by atoms with Crippen LogP contribution in [-0.2, 0) is 12.1 Å². The summed E-state index contributed by atoms with van der Waals surface area (Å²) in [4.78, 5) is 27.2. The number of benzene rings is 2. The highest BCUT2D eigenvalue weighted by Gasteiger charge is 2.37. The summed E-state index contributed by atoms with van der Waals surface area (Å²) in [6, 6.07) is 13.8. The minimum Gasteiger partial charge on any atom is -0.490 e. The van der Waals surface area contributed by atoms with Gasteiger partial charge in [0.25, 0.3) is 5.56 Å². The molecule has 6 rings (SSSR count). The lowest BCUT2D eigenvalue weighted by Gasteiger charge is -2.34. The number of nitrogens with one attached hydrogen (secondary N) is 1. The quantitative estimate of drug-likeness (QED) is 0.354. The first kappa shape index (κ1) is 25.1. The average Bonchev–Trinajstić information content (AvgIpc) is 3.43. The van der Waals surface area contributed by atoms with Crippen LogP contribution in [0.3, 0.4) is 0 Å². The molecule has 0 aliphatic carbocycles. The van der Waals surface area contributed by atoms with Crippen LogP contribution in [0.15, 0.2) is 66.1 Å².